The zero-order valence-corrected chi connectivity index (χ0v) is 16.9. The highest BCUT2D eigenvalue weighted by atomic mass is 32.2. The zero-order valence-electron chi connectivity index (χ0n) is 15.3. The number of aromatic nitrogens is 1. The van der Waals surface area contributed by atoms with Crippen LogP contribution in [0.5, 0.6) is 0 Å². The van der Waals surface area contributed by atoms with Crippen LogP contribution >= 0.6 is 11.3 Å². The number of hydrogen-bond acceptors (Lipinski definition) is 5. The van der Waals surface area contributed by atoms with Gasteiger partial charge in [0, 0.05) is 16.5 Å². The van der Waals surface area contributed by atoms with Crippen molar-refractivity contribution >= 4 is 32.2 Å². The molecule has 2 aromatic carbocycles. The molecule has 0 saturated heterocycles. The van der Waals surface area contributed by atoms with Crippen LogP contribution in [0.25, 0.3) is 11.3 Å². The van der Waals surface area contributed by atoms with Crippen LogP contribution in [0.15, 0.2) is 52.7 Å². The van der Waals surface area contributed by atoms with Gasteiger partial charge in [-0.25, -0.2) is 13.4 Å². The molecule has 0 aliphatic carbocycles. The van der Waals surface area contributed by atoms with Gasteiger partial charge in [-0.1, -0.05) is 25.1 Å². The molecule has 0 fully saturated rings. The van der Waals surface area contributed by atoms with Crippen molar-refractivity contribution < 1.29 is 13.2 Å². The number of nitrogens with one attached hydrogen (secondary N) is 1. The summed E-state index contributed by atoms with van der Waals surface area (Å²) in [4.78, 5) is 17.1. The fourth-order valence-electron chi connectivity index (χ4n) is 2.53. The Morgan fingerprint density at radius 2 is 1.89 bits per heavy atom. The third-order valence-corrected chi connectivity index (χ3v) is 6.85. The Balaban J connectivity index is 1.80. The van der Waals surface area contributed by atoms with Gasteiger partial charge in [0.15, 0.2) is 15.0 Å². The predicted octanol–water partition coefficient (Wildman–Crippen LogP) is 4.47. The summed E-state index contributed by atoms with van der Waals surface area (Å²) in [5.74, 6) is -0.395. The van der Waals surface area contributed by atoms with Crippen LogP contribution in [0.1, 0.15) is 28.4 Å². The summed E-state index contributed by atoms with van der Waals surface area (Å²) in [6, 6.07) is 12.2. The van der Waals surface area contributed by atoms with Gasteiger partial charge in [-0.05, 0) is 49.2 Å². The van der Waals surface area contributed by atoms with Gasteiger partial charge in [0.2, 0.25) is 0 Å². The van der Waals surface area contributed by atoms with Crippen molar-refractivity contribution in [2.45, 2.75) is 25.7 Å². The molecular weight excluding hydrogens is 380 g/mol. The first-order valence-electron chi connectivity index (χ1n) is 8.47. The summed E-state index contributed by atoms with van der Waals surface area (Å²) in [6.07, 6.45) is 0. The Hall–Kier alpha value is -2.51. The van der Waals surface area contributed by atoms with Gasteiger partial charge >= 0.3 is 0 Å². The fourth-order valence-corrected chi connectivity index (χ4v) is 4.17. The van der Waals surface area contributed by atoms with Crippen molar-refractivity contribution in [1.82, 2.24) is 4.98 Å². The molecule has 27 heavy (non-hydrogen) atoms. The number of benzene rings is 2. The summed E-state index contributed by atoms with van der Waals surface area (Å²) < 4.78 is 24.0. The lowest BCUT2D eigenvalue weighted by atomic mass is 10.1. The van der Waals surface area contributed by atoms with Crippen molar-refractivity contribution in [3.8, 4) is 11.3 Å². The Morgan fingerprint density at radius 1 is 1.11 bits per heavy atom. The van der Waals surface area contributed by atoms with E-state index in [1.54, 1.807) is 19.1 Å². The Labute approximate surface area is 163 Å². The van der Waals surface area contributed by atoms with E-state index in [1.165, 1.54) is 34.6 Å². The molecule has 0 spiro atoms. The number of amides is 1. The molecule has 3 rings (SSSR count). The number of thiazole rings is 1. The zero-order chi connectivity index (χ0) is 19.6. The van der Waals surface area contributed by atoms with Gasteiger partial charge in [0.25, 0.3) is 5.91 Å². The van der Waals surface area contributed by atoms with Crippen LogP contribution in [0.4, 0.5) is 5.13 Å². The lowest BCUT2D eigenvalue weighted by Gasteiger charge is -2.05. The number of carbonyl (C=O) groups excluding carboxylic acids is 1. The number of nitrogens with zero attached hydrogens (tertiary/aromatic N) is 1. The maximum atomic E-state index is 12.5. The number of carbonyl (C=O) groups is 1. The molecule has 1 heterocycles. The first kappa shape index (κ1) is 19.3. The number of rotatable bonds is 5. The van der Waals surface area contributed by atoms with Crippen LogP contribution in [0, 0.1) is 13.8 Å². The average Bonchev–Trinajstić information content (AvgIpc) is 3.12. The number of sulfone groups is 1. The summed E-state index contributed by atoms with van der Waals surface area (Å²) in [5, 5.41) is 5.10. The number of anilines is 1. The van der Waals surface area contributed by atoms with E-state index in [-0.39, 0.29) is 22.1 Å². The lowest BCUT2D eigenvalue weighted by molar-refractivity contribution is 0.102. The van der Waals surface area contributed by atoms with Gasteiger partial charge in [0.05, 0.1) is 16.3 Å². The van der Waals surface area contributed by atoms with Gasteiger partial charge in [-0.3, -0.25) is 10.1 Å². The molecule has 0 unspecified atom stereocenters. The largest absolute Gasteiger partial charge is 0.298 e. The molecular formula is C20H20N2O3S2. The Morgan fingerprint density at radius 3 is 2.59 bits per heavy atom. The van der Waals surface area contributed by atoms with E-state index in [1.807, 2.05) is 24.4 Å². The molecule has 1 aromatic heterocycles. The summed E-state index contributed by atoms with van der Waals surface area (Å²) >= 11 is 1.33. The van der Waals surface area contributed by atoms with Crippen LogP contribution < -0.4 is 5.32 Å². The topological polar surface area (TPSA) is 76.1 Å². The standard InChI is InChI=1S/C20H20N2O3S2/c1-4-27(24,25)17-7-5-6-16(11-17)19(23)22-20-21-18(12-26-20)15-9-8-13(2)14(3)10-15/h5-12H,4H2,1-3H3,(H,21,22,23). The van der Waals surface area contributed by atoms with Gasteiger partial charge in [-0.15, -0.1) is 11.3 Å². The smallest absolute Gasteiger partial charge is 0.257 e. The normalized spacial score (nSPS) is 11.4. The van der Waals surface area contributed by atoms with E-state index >= 15 is 0 Å². The number of hydrogen-bond donors (Lipinski definition) is 1. The third kappa shape index (κ3) is 4.26. The maximum Gasteiger partial charge on any atom is 0.257 e. The molecule has 3 aromatic rings. The summed E-state index contributed by atoms with van der Waals surface area (Å²) in [7, 11) is -3.36. The van der Waals surface area contributed by atoms with Crippen LogP contribution in [0.3, 0.4) is 0 Å². The number of aryl methyl sites for hydroxylation is 2. The molecule has 5 nitrogen and oxygen atoms in total. The Kier molecular flexibility index (Phi) is 5.43. The first-order chi connectivity index (χ1) is 12.8. The highest BCUT2D eigenvalue weighted by Gasteiger charge is 2.15. The molecule has 1 N–H and O–H groups in total. The van der Waals surface area contributed by atoms with Crippen LogP contribution in [-0.2, 0) is 9.84 Å². The molecule has 0 saturated carbocycles. The van der Waals surface area contributed by atoms with Gasteiger partial charge in [-0.2, -0.15) is 0 Å². The SMILES string of the molecule is CCS(=O)(=O)c1cccc(C(=O)Nc2nc(-c3ccc(C)c(C)c3)cs2)c1. The molecule has 0 radical (unpaired) electrons. The van der Waals surface area contributed by atoms with Crippen molar-refractivity contribution in [1.29, 1.82) is 0 Å². The Bertz CT molecular complexity index is 1100. The molecule has 140 valence electrons. The van der Waals surface area contributed by atoms with Crippen molar-refractivity contribution in [3.63, 3.8) is 0 Å². The second-order valence-electron chi connectivity index (χ2n) is 6.22. The average molecular weight is 401 g/mol. The van der Waals surface area contributed by atoms with Crippen molar-refractivity contribution in [2.75, 3.05) is 11.1 Å². The van der Waals surface area contributed by atoms with E-state index in [4.69, 9.17) is 0 Å². The fraction of sp³-hybridized carbons (Fsp3) is 0.200. The maximum absolute atomic E-state index is 12.5. The lowest BCUT2D eigenvalue weighted by Crippen LogP contribution is -2.13. The monoisotopic (exact) mass is 400 g/mol. The van der Waals surface area contributed by atoms with E-state index < -0.39 is 9.84 Å². The first-order valence-corrected chi connectivity index (χ1v) is 11.0. The summed E-state index contributed by atoms with van der Waals surface area (Å²) in [6.45, 7) is 5.68. The highest BCUT2D eigenvalue weighted by Crippen LogP contribution is 2.27. The van der Waals surface area contributed by atoms with E-state index in [2.05, 4.69) is 23.3 Å². The van der Waals surface area contributed by atoms with Crippen molar-refractivity contribution in [2.24, 2.45) is 0 Å². The van der Waals surface area contributed by atoms with E-state index in [9.17, 15) is 13.2 Å². The molecule has 1 amide bonds. The quantitative estimate of drug-likeness (QED) is 0.685. The molecule has 0 atom stereocenters. The molecule has 0 aliphatic heterocycles. The minimum absolute atomic E-state index is 0.0100. The minimum Gasteiger partial charge on any atom is -0.298 e. The van der Waals surface area contributed by atoms with Crippen LogP contribution in [-0.4, -0.2) is 25.1 Å². The van der Waals surface area contributed by atoms with E-state index in [0.717, 1.165) is 11.3 Å². The van der Waals surface area contributed by atoms with Crippen molar-refractivity contribution in [3.05, 3.63) is 64.5 Å². The highest BCUT2D eigenvalue weighted by molar-refractivity contribution is 7.91. The summed E-state index contributed by atoms with van der Waals surface area (Å²) in [5.41, 5.74) is 4.46. The minimum atomic E-state index is -3.36. The van der Waals surface area contributed by atoms with Gasteiger partial charge < -0.3 is 0 Å². The van der Waals surface area contributed by atoms with E-state index in [0.29, 0.717) is 5.13 Å². The van der Waals surface area contributed by atoms with Crippen LogP contribution in [0.2, 0.25) is 0 Å². The third-order valence-electron chi connectivity index (χ3n) is 4.36. The predicted molar refractivity (Wildman–Crippen MR) is 109 cm³/mol. The molecule has 0 bridgehead atoms. The molecule has 0 aliphatic rings. The van der Waals surface area contributed by atoms with Gasteiger partial charge in [0.1, 0.15) is 0 Å². The molecule has 7 heteroatoms. The second kappa shape index (κ2) is 7.62. The second-order valence-corrected chi connectivity index (χ2v) is 9.36.